The second-order valence-electron chi connectivity index (χ2n) is 7.07. The maximum atomic E-state index is 12.6. The van der Waals surface area contributed by atoms with E-state index in [1.165, 1.54) is 6.20 Å². The molecule has 0 bridgehead atoms. The number of hydrogen-bond donors (Lipinski definition) is 3. The first-order valence-corrected chi connectivity index (χ1v) is 12.8. The molecule has 1 amide bonds. The van der Waals surface area contributed by atoms with E-state index in [1.807, 2.05) is 6.92 Å². The van der Waals surface area contributed by atoms with Crippen LogP contribution in [0, 0.1) is 6.92 Å². The second-order valence-corrected chi connectivity index (χ2v) is 11.4. The van der Waals surface area contributed by atoms with Crippen LogP contribution in [0.2, 0.25) is 5.02 Å². The molecule has 0 aliphatic heterocycles. The molecule has 0 unspecified atom stereocenters. The minimum atomic E-state index is -3.46. The van der Waals surface area contributed by atoms with Crippen LogP contribution in [0.1, 0.15) is 19.4 Å². The van der Waals surface area contributed by atoms with Crippen LogP contribution in [0.3, 0.4) is 0 Å². The summed E-state index contributed by atoms with van der Waals surface area (Å²) in [6, 6.07) is 6.96. The molecule has 32 heavy (non-hydrogen) atoms. The van der Waals surface area contributed by atoms with Gasteiger partial charge in [-0.3, -0.25) is 4.79 Å². The van der Waals surface area contributed by atoms with Gasteiger partial charge in [0.05, 0.1) is 17.1 Å². The summed E-state index contributed by atoms with van der Waals surface area (Å²) < 4.78 is 25.4. The zero-order valence-electron chi connectivity index (χ0n) is 17.4. The summed E-state index contributed by atoms with van der Waals surface area (Å²) in [7, 11) is -3.46. The van der Waals surface area contributed by atoms with Gasteiger partial charge in [-0.1, -0.05) is 11.6 Å². The Morgan fingerprint density at radius 1 is 1.19 bits per heavy atom. The molecule has 0 aliphatic carbocycles. The predicted molar refractivity (Wildman–Crippen MR) is 131 cm³/mol. The van der Waals surface area contributed by atoms with Crippen molar-refractivity contribution in [3.8, 4) is 0 Å². The molecule has 12 heteroatoms. The highest BCUT2D eigenvalue weighted by Crippen LogP contribution is 2.34. The highest BCUT2D eigenvalue weighted by molar-refractivity contribution is 7.94. The summed E-state index contributed by atoms with van der Waals surface area (Å²) in [5, 5.41) is 10.2. The number of thiophene rings is 1. The van der Waals surface area contributed by atoms with Crippen LogP contribution in [0.25, 0.3) is 0 Å². The van der Waals surface area contributed by atoms with Gasteiger partial charge in [0, 0.05) is 11.4 Å². The fraction of sp³-hybridized carbons (Fsp3) is 0.250. The molecule has 2 aromatic heterocycles. The van der Waals surface area contributed by atoms with Gasteiger partial charge in [0.15, 0.2) is 15.7 Å². The average Bonchev–Trinajstić information content (AvgIpc) is 3.21. The third kappa shape index (κ3) is 5.50. The number of carbonyl (C=O) groups excluding carboxylic acids is 1. The van der Waals surface area contributed by atoms with Crippen molar-refractivity contribution in [1.29, 1.82) is 0 Å². The number of aryl methyl sites for hydroxylation is 1. The number of aromatic nitrogens is 2. The van der Waals surface area contributed by atoms with E-state index in [-0.39, 0.29) is 32.8 Å². The van der Waals surface area contributed by atoms with Gasteiger partial charge in [0.1, 0.15) is 15.1 Å². The van der Waals surface area contributed by atoms with Crippen LogP contribution in [0.5, 0.6) is 0 Å². The zero-order chi connectivity index (χ0) is 23.5. The maximum absolute atomic E-state index is 12.6. The first-order valence-electron chi connectivity index (χ1n) is 9.46. The molecule has 0 aliphatic rings. The topological polar surface area (TPSA) is 113 Å². The Morgan fingerprint density at radius 3 is 2.59 bits per heavy atom. The summed E-state index contributed by atoms with van der Waals surface area (Å²) in [6.45, 7) is 5.13. The molecular formula is C20H21Cl2N5O3S2. The molecule has 3 N–H and O–H groups in total. The molecule has 0 saturated carbocycles. The first-order chi connectivity index (χ1) is 15.1. The summed E-state index contributed by atoms with van der Waals surface area (Å²) in [5.74, 6) is 0.112. The van der Waals surface area contributed by atoms with Gasteiger partial charge < -0.3 is 16.0 Å². The maximum Gasteiger partial charge on any atom is 0.239 e. The lowest BCUT2D eigenvalue weighted by Crippen LogP contribution is -2.14. The van der Waals surface area contributed by atoms with Crippen LogP contribution in [-0.2, 0) is 14.6 Å². The van der Waals surface area contributed by atoms with Crippen molar-refractivity contribution in [2.24, 2.45) is 0 Å². The Kier molecular flexibility index (Phi) is 7.60. The monoisotopic (exact) mass is 513 g/mol. The normalized spacial score (nSPS) is 11.4. The minimum Gasteiger partial charge on any atom is -0.337 e. The highest BCUT2D eigenvalue weighted by Gasteiger charge is 2.25. The Morgan fingerprint density at radius 2 is 1.94 bits per heavy atom. The number of hydrogen-bond acceptors (Lipinski definition) is 8. The summed E-state index contributed by atoms with van der Waals surface area (Å²) in [5.41, 5.74) is 2.59. The van der Waals surface area contributed by atoms with Gasteiger partial charge in [0.2, 0.25) is 11.9 Å². The van der Waals surface area contributed by atoms with E-state index in [2.05, 4.69) is 25.9 Å². The quantitative estimate of drug-likeness (QED) is 0.348. The Hall–Kier alpha value is -2.40. The van der Waals surface area contributed by atoms with Gasteiger partial charge >= 0.3 is 0 Å². The Balaban J connectivity index is 1.84. The molecule has 0 atom stereocenters. The van der Waals surface area contributed by atoms with Crippen molar-refractivity contribution in [3.63, 3.8) is 0 Å². The van der Waals surface area contributed by atoms with Gasteiger partial charge in [-0.2, -0.15) is 4.98 Å². The molecule has 0 fully saturated rings. The van der Waals surface area contributed by atoms with Gasteiger partial charge in [-0.25, -0.2) is 13.4 Å². The number of nitrogens with zero attached hydrogens (tertiary/aromatic N) is 2. The van der Waals surface area contributed by atoms with E-state index in [4.69, 9.17) is 23.2 Å². The standard InChI is InChI=1S/C20H21Cl2N5O3S2/c1-11(2)32(29,30)19-16(6-7-31-19)25-18-14(22)10-23-20(27-18)26-15-5-4-13(8-12(15)3)24-17(28)9-21/h4-8,10-11H,9H2,1-3H3,(H,24,28)(H2,23,25,26,27). The Labute approximate surface area is 200 Å². The third-order valence-electron chi connectivity index (χ3n) is 4.38. The van der Waals surface area contributed by atoms with Crippen molar-refractivity contribution in [2.45, 2.75) is 30.2 Å². The molecule has 3 aromatic rings. The SMILES string of the molecule is Cc1cc(NC(=O)CCl)ccc1Nc1ncc(Cl)c(Nc2ccsc2S(=O)(=O)C(C)C)n1. The van der Waals surface area contributed by atoms with Crippen molar-refractivity contribution < 1.29 is 13.2 Å². The molecule has 0 saturated heterocycles. The molecule has 3 rings (SSSR count). The fourth-order valence-corrected chi connectivity index (χ4v) is 5.57. The van der Waals surface area contributed by atoms with Crippen molar-refractivity contribution in [3.05, 3.63) is 46.4 Å². The number of sulfone groups is 1. The summed E-state index contributed by atoms with van der Waals surface area (Å²) in [4.78, 5) is 20.0. The van der Waals surface area contributed by atoms with Crippen LogP contribution >= 0.6 is 34.5 Å². The predicted octanol–water partition coefficient (Wildman–Crippen LogP) is 5.35. The Bertz CT molecular complexity index is 1250. The number of alkyl halides is 1. The average molecular weight is 514 g/mol. The molecule has 0 spiro atoms. The zero-order valence-corrected chi connectivity index (χ0v) is 20.6. The van der Waals surface area contributed by atoms with E-state index in [0.717, 1.165) is 22.6 Å². The number of amides is 1. The number of halogens is 2. The number of rotatable bonds is 8. The van der Waals surface area contributed by atoms with Crippen LogP contribution in [-0.4, -0.2) is 35.4 Å². The largest absolute Gasteiger partial charge is 0.337 e. The number of anilines is 5. The van der Waals surface area contributed by atoms with Crippen molar-refractivity contribution >= 4 is 79.1 Å². The van der Waals surface area contributed by atoms with E-state index in [0.29, 0.717) is 11.4 Å². The van der Waals surface area contributed by atoms with Gasteiger partial charge in [0.25, 0.3) is 0 Å². The van der Waals surface area contributed by atoms with E-state index in [9.17, 15) is 13.2 Å². The van der Waals surface area contributed by atoms with E-state index >= 15 is 0 Å². The third-order valence-corrected chi connectivity index (χ3v) is 8.57. The lowest BCUT2D eigenvalue weighted by molar-refractivity contribution is -0.113. The molecule has 1 aromatic carbocycles. The molecular weight excluding hydrogens is 493 g/mol. The second kappa shape index (κ2) is 10.0. The van der Waals surface area contributed by atoms with Gasteiger partial charge in [-0.05, 0) is 56.0 Å². The fourth-order valence-electron chi connectivity index (χ4n) is 2.66. The van der Waals surface area contributed by atoms with Crippen LogP contribution < -0.4 is 16.0 Å². The van der Waals surface area contributed by atoms with Gasteiger partial charge in [-0.15, -0.1) is 22.9 Å². The van der Waals surface area contributed by atoms with Crippen molar-refractivity contribution in [2.75, 3.05) is 21.8 Å². The minimum absolute atomic E-state index is 0.127. The number of carbonyl (C=O) groups is 1. The van der Waals surface area contributed by atoms with E-state index < -0.39 is 15.1 Å². The molecule has 8 nitrogen and oxygen atoms in total. The van der Waals surface area contributed by atoms with E-state index in [1.54, 1.807) is 43.5 Å². The summed E-state index contributed by atoms with van der Waals surface area (Å²) >= 11 is 12.9. The first kappa shape index (κ1) is 24.2. The highest BCUT2D eigenvalue weighted by atomic mass is 35.5. The van der Waals surface area contributed by atoms with Crippen LogP contribution in [0.4, 0.5) is 28.8 Å². The van der Waals surface area contributed by atoms with Crippen LogP contribution in [0.15, 0.2) is 40.1 Å². The number of benzene rings is 1. The number of nitrogens with one attached hydrogen (secondary N) is 3. The lowest BCUT2D eigenvalue weighted by atomic mass is 10.2. The summed E-state index contributed by atoms with van der Waals surface area (Å²) in [6.07, 6.45) is 1.42. The smallest absolute Gasteiger partial charge is 0.239 e. The van der Waals surface area contributed by atoms with Crippen molar-refractivity contribution in [1.82, 2.24) is 9.97 Å². The molecule has 2 heterocycles. The molecule has 170 valence electrons. The lowest BCUT2D eigenvalue weighted by Gasteiger charge is -2.13. The molecule has 0 radical (unpaired) electrons.